The van der Waals surface area contributed by atoms with Crippen LogP contribution in [-0.4, -0.2) is 52.9 Å². The van der Waals surface area contributed by atoms with E-state index in [2.05, 4.69) is 31.5 Å². The zero-order valence-electron chi connectivity index (χ0n) is 11.8. The van der Waals surface area contributed by atoms with Gasteiger partial charge >= 0.3 is 0 Å². The van der Waals surface area contributed by atoms with Gasteiger partial charge in [-0.05, 0) is 28.9 Å². The fourth-order valence-corrected chi connectivity index (χ4v) is 2.61. The number of H-pyrrole nitrogens is 1. The molecule has 0 fully saturated rings. The third-order valence-corrected chi connectivity index (χ3v) is 4.20. The maximum Gasteiger partial charge on any atom is 0.268 e. The Labute approximate surface area is 130 Å². The van der Waals surface area contributed by atoms with Crippen molar-refractivity contribution in [3.63, 3.8) is 0 Å². The molecular formula is C13H17BrN4O3. The summed E-state index contributed by atoms with van der Waals surface area (Å²) in [5.74, 6) is -1.77. The highest BCUT2D eigenvalue weighted by atomic mass is 79.9. The van der Waals surface area contributed by atoms with Gasteiger partial charge in [-0.1, -0.05) is 0 Å². The van der Waals surface area contributed by atoms with Gasteiger partial charge in [-0.15, -0.1) is 0 Å². The Balaban J connectivity index is 2.08. The van der Waals surface area contributed by atoms with Crippen molar-refractivity contribution in [2.75, 3.05) is 13.6 Å². The highest BCUT2D eigenvalue weighted by Gasteiger charge is 2.39. The number of carboxylic acids is 1. The molecule has 0 bridgehead atoms. The minimum atomic E-state index is -1.30. The van der Waals surface area contributed by atoms with Crippen LogP contribution >= 0.6 is 15.9 Å². The summed E-state index contributed by atoms with van der Waals surface area (Å²) in [6.07, 6.45) is 3.63. The monoisotopic (exact) mass is 356 g/mol. The number of carbonyl (C=O) groups excluding carboxylic acids is 2. The minimum Gasteiger partial charge on any atom is -0.548 e. The van der Waals surface area contributed by atoms with Gasteiger partial charge in [-0.3, -0.25) is 14.7 Å². The molecule has 114 valence electrons. The second kappa shape index (κ2) is 5.88. The van der Waals surface area contributed by atoms with E-state index in [1.807, 2.05) is 18.5 Å². The number of nitrogens with zero attached hydrogens (tertiary/aromatic N) is 1. The van der Waals surface area contributed by atoms with Gasteiger partial charge in [0.15, 0.2) is 0 Å². The molecular weight excluding hydrogens is 340 g/mol. The standard InChI is InChI=1S/C13H17BrN4O3/c1-13(6-15-7-18(13)2)4-10(12(20)21)17-11(19)9-3-8(14)5-16-9/h3,5,7,10H,4,6H2,1-2H3,(H3,16,17,19,20,21)/t10?,13-/m0/s1. The van der Waals surface area contributed by atoms with Crippen molar-refractivity contribution in [3.8, 4) is 0 Å². The second-order valence-electron chi connectivity index (χ2n) is 5.40. The number of rotatable bonds is 5. The summed E-state index contributed by atoms with van der Waals surface area (Å²) in [6, 6.07) is 0.515. The van der Waals surface area contributed by atoms with E-state index in [9.17, 15) is 14.7 Å². The quantitative estimate of drug-likeness (QED) is 0.592. The van der Waals surface area contributed by atoms with Crippen LogP contribution in [-0.2, 0) is 4.79 Å². The lowest BCUT2D eigenvalue weighted by atomic mass is 9.93. The topological polar surface area (TPSA) is 100 Å². The van der Waals surface area contributed by atoms with Crippen LogP contribution in [0.1, 0.15) is 23.8 Å². The number of aliphatic carboxylic acids is 1. The van der Waals surface area contributed by atoms with E-state index in [-0.39, 0.29) is 6.42 Å². The van der Waals surface area contributed by atoms with E-state index in [1.54, 1.807) is 18.6 Å². The summed E-state index contributed by atoms with van der Waals surface area (Å²) in [5.41, 5.74) is -0.100. The van der Waals surface area contributed by atoms with Crippen LogP contribution < -0.4 is 15.7 Å². The maximum atomic E-state index is 12.0. The van der Waals surface area contributed by atoms with E-state index < -0.39 is 23.5 Å². The Morgan fingerprint density at radius 3 is 2.81 bits per heavy atom. The van der Waals surface area contributed by atoms with Gasteiger partial charge < -0.3 is 20.2 Å². The van der Waals surface area contributed by atoms with Crippen molar-refractivity contribution in [3.05, 3.63) is 22.4 Å². The number of amides is 1. The molecule has 1 aromatic heterocycles. The zero-order valence-corrected chi connectivity index (χ0v) is 13.4. The molecule has 8 heteroatoms. The number of aromatic amines is 1. The van der Waals surface area contributed by atoms with Crippen LogP contribution in [0.2, 0.25) is 0 Å². The van der Waals surface area contributed by atoms with E-state index in [1.165, 1.54) is 0 Å². The van der Waals surface area contributed by atoms with Crippen LogP contribution in [0.25, 0.3) is 0 Å². The van der Waals surface area contributed by atoms with Crippen molar-refractivity contribution in [1.29, 1.82) is 0 Å². The van der Waals surface area contributed by atoms with Gasteiger partial charge in [-0.2, -0.15) is 0 Å². The number of hydrogen-bond acceptors (Lipinski definition) is 4. The molecule has 1 unspecified atom stereocenters. The molecule has 1 aromatic rings. The van der Waals surface area contributed by atoms with E-state index in [4.69, 9.17) is 0 Å². The summed E-state index contributed by atoms with van der Waals surface area (Å²) < 4.78 is 2.62. The van der Waals surface area contributed by atoms with Gasteiger partial charge in [0.05, 0.1) is 19.1 Å². The highest BCUT2D eigenvalue weighted by molar-refractivity contribution is 9.10. The summed E-state index contributed by atoms with van der Waals surface area (Å²) >= 11 is 3.22. The lowest BCUT2D eigenvalue weighted by molar-refractivity contribution is -0.565. The largest absolute Gasteiger partial charge is 0.548 e. The van der Waals surface area contributed by atoms with Gasteiger partial charge in [0.1, 0.15) is 17.8 Å². The van der Waals surface area contributed by atoms with Crippen molar-refractivity contribution >= 4 is 34.1 Å². The Morgan fingerprint density at radius 2 is 2.33 bits per heavy atom. The molecule has 0 saturated carbocycles. The molecule has 21 heavy (non-hydrogen) atoms. The number of carboxylic acid groups (broad SMARTS) is 1. The summed E-state index contributed by atoms with van der Waals surface area (Å²) in [7, 11) is 1.86. The Morgan fingerprint density at radius 1 is 1.62 bits per heavy atom. The fraction of sp³-hybridized carbons (Fsp3) is 0.462. The van der Waals surface area contributed by atoms with Crippen LogP contribution in [0.5, 0.6) is 0 Å². The van der Waals surface area contributed by atoms with Crippen LogP contribution in [0.4, 0.5) is 0 Å². The van der Waals surface area contributed by atoms with Crippen molar-refractivity contribution in [2.45, 2.75) is 24.9 Å². The molecule has 0 aromatic carbocycles. The first-order chi connectivity index (χ1) is 9.82. The Hall–Kier alpha value is -1.83. The molecule has 2 rings (SSSR count). The third kappa shape index (κ3) is 3.44. The number of carbonyl (C=O) groups is 2. The van der Waals surface area contributed by atoms with E-state index in [0.29, 0.717) is 12.2 Å². The van der Waals surface area contributed by atoms with Gasteiger partial charge in [-0.25, -0.2) is 0 Å². The normalized spacial score (nSPS) is 22.3. The number of hydrogen-bond donors (Lipinski definition) is 3. The zero-order chi connectivity index (χ0) is 15.6. The van der Waals surface area contributed by atoms with Crippen molar-refractivity contribution in [2.24, 2.45) is 0 Å². The third-order valence-electron chi connectivity index (χ3n) is 3.75. The molecule has 7 nitrogen and oxygen atoms in total. The highest BCUT2D eigenvalue weighted by Crippen LogP contribution is 2.18. The molecule has 0 spiro atoms. The van der Waals surface area contributed by atoms with Gasteiger partial charge in [0.25, 0.3) is 5.91 Å². The van der Waals surface area contributed by atoms with Crippen LogP contribution in [0, 0.1) is 0 Å². The lowest BCUT2D eigenvalue weighted by Crippen LogP contribution is -2.54. The summed E-state index contributed by atoms with van der Waals surface area (Å²) in [6.45, 7) is 2.54. The fourth-order valence-electron chi connectivity index (χ4n) is 2.27. The number of nitrogens with one attached hydrogen (secondary N) is 3. The average molecular weight is 357 g/mol. The Bertz CT molecular complexity index is 598. The smallest absolute Gasteiger partial charge is 0.268 e. The van der Waals surface area contributed by atoms with Gasteiger partial charge in [0.2, 0.25) is 6.34 Å². The van der Waals surface area contributed by atoms with E-state index in [0.717, 1.165) is 4.47 Å². The minimum absolute atomic E-state index is 0.239. The molecule has 0 saturated heterocycles. The SMILES string of the molecule is C[N+]1=CNC[C@]1(C)CC(NC(=O)c1cc(Br)c[nH]1)C(=O)[O-]. The maximum absolute atomic E-state index is 12.0. The molecule has 0 aliphatic carbocycles. The molecule has 3 N–H and O–H groups in total. The first kappa shape index (κ1) is 15.6. The Kier molecular flexibility index (Phi) is 4.36. The van der Waals surface area contributed by atoms with E-state index >= 15 is 0 Å². The molecule has 0 radical (unpaired) electrons. The summed E-state index contributed by atoms with van der Waals surface area (Å²) in [4.78, 5) is 26.1. The second-order valence-corrected chi connectivity index (χ2v) is 6.31. The molecule has 2 heterocycles. The predicted molar refractivity (Wildman–Crippen MR) is 78.0 cm³/mol. The van der Waals surface area contributed by atoms with Gasteiger partial charge in [0, 0.05) is 17.1 Å². The van der Waals surface area contributed by atoms with Crippen LogP contribution in [0.3, 0.4) is 0 Å². The van der Waals surface area contributed by atoms with Crippen molar-refractivity contribution < 1.29 is 19.3 Å². The first-order valence-corrected chi connectivity index (χ1v) is 7.26. The summed E-state index contributed by atoms with van der Waals surface area (Å²) in [5, 5.41) is 16.9. The van der Waals surface area contributed by atoms with Crippen molar-refractivity contribution in [1.82, 2.24) is 15.6 Å². The number of aromatic nitrogens is 1. The molecule has 1 amide bonds. The number of halogens is 1. The first-order valence-electron chi connectivity index (χ1n) is 6.47. The predicted octanol–water partition coefficient (Wildman–Crippen LogP) is -0.952. The number of likely N-dealkylation sites (N-methyl/N-ethyl adjacent to an activating group) is 1. The average Bonchev–Trinajstić information content (AvgIpc) is 2.96. The lowest BCUT2D eigenvalue weighted by Gasteiger charge is -2.28. The van der Waals surface area contributed by atoms with Crippen LogP contribution in [0.15, 0.2) is 16.7 Å². The molecule has 1 aliphatic rings. The molecule has 1 aliphatic heterocycles. The molecule has 2 atom stereocenters.